The highest BCUT2D eigenvalue weighted by atomic mass is 16.3. The number of nitrogens with zero attached hydrogens (tertiary/aromatic N) is 1. The number of carbonyl (C=O) groups excluding carboxylic acids is 1. The maximum atomic E-state index is 12.1. The topological polar surface area (TPSA) is 78.0 Å². The van der Waals surface area contributed by atoms with Crippen LogP contribution in [0.15, 0.2) is 30.3 Å². The molecule has 2 rings (SSSR count). The van der Waals surface area contributed by atoms with Crippen LogP contribution in [0.4, 0.5) is 0 Å². The van der Waals surface area contributed by atoms with Gasteiger partial charge in [0.2, 0.25) is 5.91 Å². The zero-order valence-corrected chi connectivity index (χ0v) is 14.0. The summed E-state index contributed by atoms with van der Waals surface area (Å²) in [6, 6.07) is 9.49. The number of aryl methyl sites for hydroxylation is 2. The number of rotatable bonds is 7. The number of amides is 1. The van der Waals surface area contributed by atoms with Crippen LogP contribution in [-0.4, -0.2) is 27.8 Å². The Morgan fingerprint density at radius 3 is 2.61 bits per heavy atom. The second kappa shape index (κ2) is 7.92. The molecular formula is C18H25N3O2. The van der Waals surface area contributed by atoms with Crippen molar-refractivity contribution in [3.63, 3.8) is 0 Å². The molecule has 5 heteroatoms. The molecule has 2 aromatic rings. The van der Waals surface area contributed by atoms with Crippen LogP contribution < -0.4 is 5.32 Å². The predicted octanol–water partition coefficient (Wildman–Crippen LogP) is 2.76. The lowest BCUT2D eigenvalue weighted by molar-refractivity contribution is -0.121. The smallest absolute Gasteiger partial charge is 0.220 e. The van der Waals surface area contributed by atoms with Gasteiger partial charge in [0.25, 0.3) is 0 Å². The summed E-state index contributed by atoms with van der Waals surface area (Å²) in [4.78, 5) is 12.1. The minimum absolute atomic E-state index is 0.00207. The first-order valence-electron chi connectivity index (χ1n) is 8.00. The molecule has 0 bridgehead atoms. The molecule has 3 N–H and O–H groups in total. The van der Waals surface area contributed by atoms with Crippen molar-refractivity contribution in [2.45, 2.75) is 45.6 Å². The Labute approximate surface area is 137 Å². The third kappa shape index (κ3) is 4.66. The van der Waals surface area contributed by atoms with Crippen LogP contribution in [-0.2, 0) is 4.79 Å². The van der Waals surface area contributed by atoms with Crippen LogP contribution in [0.1, 0.15) is 54.3 Å². The van der Waals surface area contributed by atoms with Gasteiger partial charge in [-0.15, -0.1) is 0 Å². The molecule has 1 amide bonds. The third-order valence-corrected chi connectivity index (χ3v) is 4.09. The fraction of sp³-hybridized carbons (Fsp3) is 0.444. The van der Waals surface area contributed by atoms with Gasteiger partial charge < -0.3 is 10.4 Å². The van der Waals surface area contributed by atoms with Crippen LogP contribution in [0.3, 0.4) is 0 Å². The third-order valence-electron chi connectivity index (χ3n) is 4.09. The maximum absolute atomic E-state index is 12.1. The van der Waals surface area contributed by atoms with Crippen LogP contribution in [0.2, 0.25) is 0 Å². The van der Waals surface area contributed by atoms with E-state index in [0.717, 1.165) is 22.5 Å². The SMILES string of the molecule is Cc1n[nH]c(C)c1C(C)CC(=O)NCCC(O)c1ccccc1. The number of aromatic nitrogens is 2. The Hall–Kier alpha value is -2.14. The van der Waals surface area contributed by atoms with Gasteiger partial charge in [0, 0.05) is 18.7 Å². The molecule has 2 atom stereocenters. The molecule has 0 radical (unpaired) electrons. The molecular weight excluding hydrogens is 290 g/mol. The van der Waals surface area contributed by atoms with Crippen molar-refractivity contribution < 1.29 is 9.90 Å². The molecule has 0 fully saturated rings. The maximum Gasteiger partial charge on any atom is 0.220 e. The average Bonchev–Trinajstić information content (AvgIpc) is 2.87. The fourth-order valence-electron chi connectivity index (χ4n) is 2.93. The molecule has 0 aliphatic heterocycles. The van der Waals surface area contributed by atoms with Gasteiger partial charge in [-0.3, -0.25) is 9.89 Å². The van der Waals surface area contributed by atoms with E-state index in [-0.39, 0.29) is 11.8 Å². The van der Waals surface area contributed by atoms with Gasteiger partial charge in [-0.1, -0.05) is 37.3 Å². The Morgan fingerprint density at radius 1 is 1.30 bits per heavy atom. The fourth-order valence-corrected chi connectivity index (χ4v) is 2.93. The molecule has 23 heavy (non-hydrogen) atoms. The lowest BCUT2D eigenvalue weighted by Crippen LogP contribution is -2.26. The highest BCUT2D eigenvalue weighted by molar-refractivity contribution is 5.76. The molecule has 0 aliphatic rings. The first kappa shape index (κ1) is 17.2. The summed E-state index contributed by atoms with van der Waals surface area (Å²) in [7, 11) is 0. The Bertz CT molecular complexity index is 617. The number of aliphatic hydroxyl groups excluding tert-OH is 1. The van der Waals surface area contributed by atoms with E-state index in [2.05, 4.69) is 15.5 Å². The monoisotopic (exact) mass is 315 g/mol. The van der Waals surface area contributed by atoms with Crippen molar-refractivity contribution in [2.75, 3.05) is 6.54 Å². The molecule has 124 valence electrons. The largest absolute Gasteiger partial charge is 0.388 e. The number of hydrogen-bond acceptors (Lipinski definition) is 3. The second-order valence-electron chi connectivity index (χ2n) is 6.02. The van der Waals surface area contributed by atoms with Crippen LogP contribution in [0.25, 0.3) is 0 Å². The van der Waals surface area contributed by atoms with Crippen molar-refractivity contribution in [3.8, 4) is 0 Å². The molecule has 5 nitrogen and oxygen atoms in total. The molecule has 0 spiro atoms. The highest BCUT2D eigenvalue weighted by Gasteiger charge is 2.17. The van der Waals surface area contributed by atoms with Gasteiger partial charge in [-0.05, 0) is 37.3 Å². The summed E-state index contributed by atoms with van der Waals surface area (Å²) in [5.74, 6) is 0.116. The summed E-state index contributed by atoms with van der Waals surface area (Å²) in [6.07, 6.45) is 0.378. The number of benzene rings is 1. The number of hydrogen-bond donors (Lipinski definition) is 3. The zero-order valence-electron chi connectivity index (χ0n) is 14.0. The van der Waals surface area contributed by atoms with Crippen LogP contribution in [0.5, 0.6) is 0 Å². The van der Waals surface area contributed by atoms with E-state index in [1.165, 1.54) is 0 Å². The van der Waals surface area contributed by atoms with E-state index in [4.69, 9.17) is 0 Å². The number of aliphatic hydroxyl groups is 1. The van der Waals surface area contributed by atoms with E-state index in [0.29, 0.717) is 19.4 Å². The van der Waals surface area contributed by atoms with Crippen molar-refractivity contribution in [2.24, 2.45) is 0 Å². The van der Waals surface area contributed by atoms with E-state index >= 15 is 0 Å². The summed E-state index contributed by atoms with van der Waals surface area (Å²) < 4.78 is 0. The lowest BCUT2D eigenvalue weighted by Gasteiger charge is -2.14. The molecule has 1 aromatic heterocycles. The van der Waals surface area contributed by atoms with Gasteiger partial charge in [0.05, 0.1) is 11.8 Å². The van der Waals surface area contributed by atoms with Crippen molar-refractivity contribution >= 4 is 5.91 Å². The minimum atomic E-state index is -0.549. The van der Waals surface area contributed by atoms with E-state index < -0.39 is 6.10 Å². The summed E-state index contributed by atoms with van der Waals surface area (Å²) in [5, 5.41) is 20.1. The Morgan fingerprint density at radius 2 is 2.00 bits per heavy atom. The zero-order chi connectivity index (χ0) is 16.8. The van der Waals surface area contributed by atoms with E-state index in [1.807, 2.05) is 51.1 Å². The highest BCUT2D eigenvalue weighted by Crippen LogP contribution is 2.24. The van der Waals surface area contributed by atoms with Crippen molar-refractivity contribution in [1.82, 2.24) is 15.5 Å². The number of nitrogens with one attached hydrogen (secondary N) is 2. The minimum Gasteiger partial charge on any atom is -0.388 e. The van der Waals surface area contributed by atoms with Crippen molar-refractivity contribution in [1.29, 1.82) is 0 Å². The van der Waals surface area contributed by atoms with E-state index in [9.17, 15) is 9.90 Å². The molecule has 0 saturated carbocycles. The van der Waals surface area contributed by atoms with E-state index in [1.54, 1.807) is 0 Å². The van der Waals surface area contributed by atoms with Gasteiger partial charge in [0.1, 0.15) is 0 Å². The molecule has 2 unspecified atom stereocenters. The van der Waals surface area contributed by atoms with Crippen LogP contribution in [0, 0.1) is 13.8 Å². The first-order chi connectivity index (χ1) is 11.0. The molecule has 0 saturated heterocycles. The lowest BCUT2D eigenvalue weighted by atomic mass is 9.95. The summed E-state index contributed by atoms with van der Waals surface area (Å²) in [5.41, 5.74) is 3.95. The summed E-state index contributed by atoms with van der Waals surface area (Å²) in [6.45, 7) is 6.41. The Kier molecular flexibility index (Phi) is 5.93. The van der Waals surface area contributed by atoms with Crippen LogP contribution >= 0.6 is 0 Å². The predicted molar refractivity (Wildman–Crippen MR) is 90.1 cm³/mol. The number of carbonyl (C=O) groups is 1. The normalized spacial score (nSPS) is 13.6. The number of aromatic amines is 1. The van der Waals surface area contributed by atoms with Gasteiger partial charge in [0.15, 0.2) is 0 Å². The molecule has 1 heterocycles. The van der Waals surface area contributed by atoms with Gasteiger partial charge in [-0.25, -0.2) is 0 Å². The first-order valence-corrected chi connectivity index (χ1v) is 8.00. The van der Waals surface area contributed by atoms with Crippen molar-refractivity contribution in [3.05, 3.63) is 52.8 Å². The van der Waals surface area contributed by atoms with Gasteiger partial charge in [-0.2, -0.15) is 5.10 Å². The number of H-pyrrole nitrogens is 1. The molecule has 0 aliphatic carbocycles. The average molecular weight is 315 g/mol. The second-order valence-corrected chi connectivity index (χ2v) is 6.02. The standard InChI is InChI=1S/C18H25N3O2/c1-12(18-13(2)20-21-14(18)3)11-17(23)19-10-9-16(22)15-7-5-4-6-8-15/h4-8,12,16,22H,9-11H2,1-3H3,(H,19,23)(H,20,21). The summed E-state index contributed by atoms with van der Waals surface area (Å²) >= 11 is 0. The quantitative estimate of drug-likeness (QED) is 0.735. The molecule has 1 aromatic carbocycles. The van der Waals surface area contributed by atoms with Gasteiger partial charge >= 0.3 is 0 Å². The Balaban J connectivity index is 1.77.